The second-order valence-corrected chi connectivity index (χ2v) is 7.34. The monoisotopic (exact) mass is 379 g/mol. The molecule has 146 valence electrons. The highest BCUT2D eigenvalue weighted by Gasteiger charge is 2.45. The lowest BCUT2D eigenvalue weighted by atomic mass is 9.70. The van der Waals surface area contributed by atoms with Crippen LogP contribution in [-0.4, -0.2) is 18.6 Å². The zero-order chi connectivity index (χ0) is 19.8. The van der Waals surface area contributed by atoms with Gasteiger partial charge in [0, 0.05) is 17.9 Å². The maximum atomic E-state index is 12.9. The first kappa shape index (κ1) is 19.7. The second kappa shape index (κ2) is 7.50. The number of fused-ring (bicyclic) bond motifs is 1. The van der Waals surface area contributed by atoms with Gasteiger partial charge in [-0.2, -0.15) is 13.2 Å². The number of hydrogen-bond acceptors (Lipinski definition) is 3. The summed E-state index contributed by atoms with van der Waals surface area (Å²) in [6.07, 6.45) is 1.66. The fraction of sp³-hybridized carbons (Fsp3) is 0.476. The van der Waals surface area contributed by atoms with Gasteiger partial charge in [0.25, 0.3) is 0 Å². The van der Waals surface area contributed by atoms with Crippen molar-refractivity contribution < 1.29 is 22.7 Å². The normalized spacial score (nSPS) is 27.4. The van der Waals surface area contributed by atoms with Crippen LogP contribution in [0.1, 0.15) is 37.9 Å². The van der Waals surface area contributed by atoms with Crippen molar-refractivity contribution in [2.24, 2.45) is 17.8 Å². The number of carbonyl (C=O) groups is 1. The molecule has 6 heteroatoms. The fourth-order valence-corrected chi connectivity index (χ4v) is 4.14. The first-order valence-corrected chi connectivity index (χ1v) is 9.22. The van der Waals surface area contributed by atoms with E-state index in [1.807, 2.05) is 18.2 Å². The average molecular weight is 379 g/mol. The molecule has 1 N–H and O–H groups in total. The van der Waals surface area contributed by atoms with Crippen molar-refractivity contribution in [3.63, 3.8) is 0 Å². The number of ether oxygens (including phenoxy) is 1. The van der Waals surface area contributed by atoms with Gasteiger partial charge >= 0.3 is 12.1 Å². The third kappa shape index (κ3) is 3.81. The van der Waals surface area contributed by atoms with E-state index in [-0.39, 0.29) is 36.4 Å². The van der Waals surface area contributed by atoms with Crippen LogP contribution in [0, 0.1) is 17.8 Å². The Hall–Kier alpha value is -2.08. The zero-order valence-corrected chi connectivity index (χ0v) is 15.6. The molecule has 0 aromatic heterocycles. The molecule has 1 heterocycles. The number of benzene rings is 1. The summed E-state index contributed by atoms with van der Waals surface area (Å²) in [5.41, 5.74) is 1.18. The highest BCUT2D eigenvalue weighted by molar-refractivity contribution is 5.77. The van der Waals surface area contributed by atoms with Crippen LogP contribution in [0.3, 0.4) is 0 Å². The molecular formula is C21H24F3NO2. The Balaban J connectivity index is 1.95. The van der Waals surface area contributed by atoms with E-state index < -0.39 is 17.8 Å². The van der Waals surface area contributed by atoms with Crippen LogP contribution in [0.5, 0.6) is 0 Å². The summed E-state index contributed by atoms with van der Waals surface area (Å²) in [6.45, 7) is 6.17. The Morgan fingerprint density at radius 3 is 2.44 bits per heavy atom. The van der Waals surface area contributed by atoms with Gasteiger partial charge in [-0.15, -0.1) is 0 Å². The summed E-state index contributed by atoms with van der Waals surface area (Å²) in [7, 11) is 0. The topological polar surface area (TPSA) is 38.3 Å². The lowest BCUT2D eigenvalue weighted by Crippen LogP contribution is -2.54. The van der Waals surface area contributed by atoms with Gasteiger partial charge in [-0.25, -0.2) is 0 Å². The molecule has 0 amide bonds. The number of carbonyl (C=O) groups excluding carboxylic acids is 1. The SMILES string of the molecule is CCOC(=O)[C@@H]1N[C@H](c2ccc(C(F)(F)F)cc2)[C@H]2C=CC=C2[C@H]1C(C)C. The Morgan fingerprint density at radius 1 is 1.22 bits per heavy atom. The lowest BCUT2D eigenvalue weighted by Gasteiger charge is -2.43. The van der Waals surface area contributed by atoms with Crippen LogP contribution in [0.15, 0.2) is 48.1 Å². The smallest absolute Gasteiger partial charge is 0.416 e. The molecule has 27 heavy (non-hydrogen) atoms. The van der Waals surface area contributed by atoms with Crippen LogP contribution >= 0.6 is 0 Å². The minimum Gasteiger partial charge on any atom is -0.465 e. The predicted molar refractivity (Wildman–Crippen MR) is 96.8 cm³/mol. The van der Waals surface area contributed by atoms with E-state index >= 15 is 0 Å². The van der Waals surface area contributed by atoms with Gasteiger partial charge in [0.05, 0.1) is 12.2 Å². The average Bonchev–Trinajstić information content (AvgIpc) is 3.09. The summed E-state index contributed by atoms with van der Waals surface area (Å²) in [6, 6.07) is 4.35. The Kier molecular flexibility index (Phi) is 5.47. The third-order valence-electron chi connectivity index (χ3n) is 5.31. The van der Waals surface area contributed by atoms with Gasteiger partial charge in [0.15, 0.2) is 0 Å². The Bertz CT molecular complexity index is 750. The van der Waals surface area contributed by atoms with Crippen LogP contribution < -0.4 is 5.32 Å². The standard InChI is InChI=1S/C21H24F3NO2/c1-4-27-20(26)19-17(12(2)3)15-6-5-7-16(15)18(25-19)13-8-10-14(11-9-13)21(22,23)24/h5-12,16-19,25H,4H2,1-3H3/t16-,17+,18+,19+/m0/s1. The number of nitrogens with one attached hydrogen (secondary N) is 1. The van der Waals surface area contributed by atoms with E-state index in [0.717, 1.165) is 23.3 Å². The first-order valence-electron chi connectivity index (χ1n) is 9.22. The van der Waals surface area contributed by atoms with E-state index in [4.69, 9.17) is 4.74 Å². The molecule has 1 aromatic rings. The predicted octanol–water partition coefficient (Wildman–Crippen LogP) is 4.67. The molecule has 0 unspecified atom stereocenters. The fourth-order valence-electron chi connectivity index (χ4n) is 4.14. The molecule has 1 aliphatic carbocycles. The number of alkyl halides is 3. The van der Waals surface area contributed by atoms with Gasteiger partial charge in [0.2, 0.25) is 0 Å². The minimum absolute atomic E-state index is 0.0137. The summed E-state index contributed by atoms with van der Waals surface area (Å²) in [4.78, 5) is 12.6. The van der Waals surface area contributed by atoms with Crippen LogP contribution in [0.2, 0.25) is 0 Å². The van der Waals surface area contributed by atoms with Crippen LogP contribution in [-0.2, 0) is 15.7 Å². The van der Waals surface area contributed by atoms with Gasteiger partial charge < -0.3 is 4.74 Å². The van der Waals surface area contributed by atoms with Gasteiger partial charge in [0.1, 0.15) is 6.04 Å². The molecule has 0 radical (unpaired) electrons. The maximum Gasteiger partial charge on any atom is 0.416 e. The van der Waals surface area contributed by atoms with E-state index in [1.54, 1.807) is 6.92 Å². The second-order valence-electron chi connectivity index (χ2n) is 7.34. The zero-order valence-electron chi connectivity index (χ0n) is 15.6. The molecule has 4 atom stereocenters. The molecule has 1 aliphatic heterocycles. The van der Waals surface area contributed by atoms with Crippen molar-refractivity contribution in [2.75, 3.05) is 6.61 Å². The molecule has 3 nitrogen and oxygen atoms in total. The number of allylic oxidation sites excluding steroid dienone is 2. The number of piperidine rings is 1. The number of esters is 1. The molecule has 0 bridgehead atoms. The van der Waals surface area contributed by atoms with Gasteiger partial charge in [-0.1, -0.05) is 49.8 Å². The molecule has 3 rings (SSSR count). The largest absolute Gasteiger partial charge is 0.465 e. The molecule has 0 spiro atoms. The summed E-state index contributed by atoms with van der Waals surface area (Å²) in [5, 5.41) is 3.37. The molecule has 0 saturated carbocycles. The quantitative estimate of drug-likeness (QED) is 0.773. The Morgan fingerprint density at radius 2 is 1.89 bits per heavy atom. The van der Waals surface area contributed by atoms with E-state index in [1.165, 1.54) is 12.1 Å². The molecule has 1 aromatic carbocycles. The summed E-state index contributed by atoms with van der Waals surface area (Å²) >= 11 is 0. The van der Waals surface area contributed by atoms with Gasteiger partial charge in [-0.05, 0) is 30.5 Å². The van der Waals surface area contributed by atoms with Crippen LogP contribution in [0.4, 0.5) is 13.2 Å². The van der Waals surface area contributed by atoms with E-state index in [2.05, 4.69) is 19.2 Å². The number of halogens is 3. The third-order valence-corrected chi connectivity index (χ3v) is 5.31. The lowest BCUT2D eigenvalue weighted by molar-refractivity contribution is -0.148. The van der Waals surface area contributed by atoms with E-state index in [9.17, 15) is 18.0 Å². The van der Waals surface area contributed by atoms with Crippen LogP contribution in [0.25, 0.3) is 0 Å². The van der Waals surface area contributed by atoms with Crippen molar-refractivity contribution in [2.45, 2.75) is 39.0 Å². The molecule has 1 saturated heterocycles. The van der Waals surface area contributed by atoms with Crippen molar-refractivity contribution in [1.29, 1.82) is 0 Å². The van der Waals surface area contributed by atoms with Crippen molar-refractivity contribution in [3.8, 4) is 0 Å². The summed E-state index contributed by atoms with van der Waals surface area (Å²) in [5.74, 6) is -0.108. The summed E-state index contributed by atoms with van der Waals surface area (Å²) < 4.78 is 43.9. The molecule has 1 fully saturated rings. The first-order chi connectivity index (χ1) is 12.7. The number of rotatable bonds is 4. The van der Waals surface area contributed by atoms with Crippen molar-refractivity contribution in [1.82, 2.24) is 5.32 Å². The van der Waals surface area contributed by atoms with Crippen molar-refractivity contribution >= 4 is 5.97 Å². The Labute approximate surface area is 157 Å². The van der Waals surface area contributed by atoms with E-state index in [0.29, 0.717) is 0 Å². The maximum absolute atomic E-state index is 12.9. The highest BCUT2D eigenvalue weighted by atomic mass is 19.4. The van der Waals surface area contributed by atoms with Gasteiger partial charge in [-0.3, -0.25) is 10.1 Å². The number of hydrogen-bond donors (Lipinski definition) is 1. The van der Waals surface area contributed by atoms with Crippen molar-refractivity contribution in [3.05, 3.63) is 59.2 Å². The molecule has 2 aliphatic rings. The highest BCUT2D eigenvalue weighted by Crippen LogP contribution is 2.45. The minimum atomic E-state index is -4.37. The molecular weight excluding hydrogens is 355 g/mol.